The van der Waals surface area contributed by atoms with Gasteiger partial charge in [-0.2, -0.15) is 13.2 Å². The van der Waals surface area contributed by atoms with Gasteiger partial charge in [0.1, 0.15) is 10.9 Å². The second-order valence-electron chi connectivity index (χ2n) is 7.13. The molecule has 3 rings (SSSR count). The summed E-state index contributed by atoms with van der Waals surface area (Å²) in [5, 5.41) is 4.59. The van der Waals surface area contributed by atoms with Crippen LogP contribution in [-0.2, 0) is 4.79 Å². The lowest BCUT2D eigenvalue weighted by Crippen LogP contribution is -2.33. The van der Waals surface area contributed by atoms with Crippen molar-refractivity contribution in [3.8, 4) is 5.75 Å². The van der Waals surface area contributed by atoms with E-state index in [0.29, 0.717) is 5.56 Å². The number of benzene rings is 2. The fraction of sp³-hybridized carbons (Fsp3) is 0.300. The Kier molecular flexibility index (Phi) is 7.56. The van der Waals surface area contributed by atoms with Gasteiger partial charge in [0.2, 0.25) is 5.91 Å². The third-order valence-corrected chi connectivity index (χ3v) is 6.68. The number of ether oxygens (including phenoxy) is 1. The summed E-state index contributed by atoms with van der Waals surface area (Å²) in [4.78, 5) is 24.9. The van der Waals surface area contributed by atoms with Crippen LogP contribution in [0.1, 0.15) is 21.8 Å². The molecular formula is C20H14Cl5F3N2O3. The first-order valence-corrected chi connectivity index (χ1v) is 11.0. The predicted molar refractivity (Wildman–Crippen MR) is 122 cm³/mol. The molecule has 13 heteroatoms. The zero-order chi connectivity index (χ0) is 24.7. The highest BCUT2D eigenvalue weighted by Gasteiger charge is 2.67. The van der Waals surface area contributed by atoms with Crippen LogP contribution in [0.4, 0.5) is 18.9 Å². The SMILES string of the molecule is COc1c(Cl)cc([C@@H]2[C@@H](C(=O)Nc3ccc(Cl)c(C(=O)NCC(F)(F)F)c3)C2(Cl)Cl)cc1Cl. The quantitative estimate of drug-likeness (QED) is 0.395. The van der Waals surface area contributed by atoms with E-state index in [1.54, 1.807) is 5.32 Å². The lowest BCUT2D eigenvalue weighted by Gasteiger charge is -2.11. The summed E-state index contributed by atoms with van der Waals surface area (Å²) < 4.78 is 40.7. The Morgan fingerprint density at radius 2 is 1.67 bits per heavy atom. The van der Waals surface area contributed by atoms with Gasteiger partial charge in [0.25, 0.3) is 5.91 Å². The molecule has 0 unspecified atom stereocenters. The van der Waals surface area contributed by atoms with Crippen LogP contribution >= 0.6 is 58.0 Å². The molecule has 2 amide bonds. The van der Waals surface area contributed by atoms with Crippen molar-refractivity contribution in [1.82, 2.24) is 5.32 Å². The van der Waals surface area contributed by atoms with E-state index >= 15 is 0 Å². The predicted octanol–water partition coefficient (Wildman–Crippen LogP) is 6.47. The maximum atomic E-state index is 12.8. The van der Waals surface area contributed by atoms with E-state index in [1.165, 1.54) is 31.4 Å². The highest BCUT2D eigenvalue weighted by atomic mass is 35.5. The van der Waals surface area contributed by atoms with Crippen molar-refractivity contribution in [2.45, 2.75) is 16.4 Å². The Hall–Kier alpha value is -1.58. The zero-order valence-electron chi connectivity index (χ0n) is 16.5. The van der Waals surface area contributed by atoms with Crippen molar-refractivity contribution in [1.29, 1.82) is 0 Å². The highest BCUT2D eigenvalue weighted by Crippen LogP contribution is 2.65. The third kappa shape index (κ3) is 5.74. The lowest BCUT2D eigenvalue weighted by atomic mass is 10.1. The summed E-state index contributed by atoms with van der Waals surface area (Å²) in [5.41, 5.74) is 0.379. The molecule has 0 radical (unpaired) electrons. The summed E-state index contributed by atoms with van der Waals surface area (Å²) in [6, 6.07) is 6.87. The molecule has 1 aliphatic carbocycles. The fourth-order valence-corrected chi connectivity index (χ4v) is 4.98. The average Bonchev–Trinajstić information content (AvgIpc) is 3.29. The van der Waals surface area contributed by atoms with Crippen LogP contribution in [0.25, 0.3) is 0 Å². The molecule has 2 aromatic rings. The molecule has 2 aromatic carbocycles. The maximum absolute atomic E-state index is 12.8. The van der Waals surface area contributed by atoms with Crippen molar-refractivity contribution < 1.29 is 27.5 Å². The van der Waals surface area contributed by atoms with E-state index in [0.717, 1.165) is 6.07 Å². The molecule has 0 saturated heterocycles. The number of rotatable bonds is 6. The Morgan fingerprint density at radius 1 is 1.06 bits per heavy atom. The first kappa shape index (κ1) is 26.0. The van der Waals surface area contributed by atoms with Gasteiger partial charge in [0, 0.05) is 11.6 Å². The van der Waals surface area contributed by atoms with Crippen LogP contribution < -0.4 is 15.4 Å². The van der Waals surface area contributed by atoms with Crippen LogP contribution in [0.2, 0.25) is 15.1 Å². The number of amides is 2. The summed E-state index contributed by atoms with van der Waals surface area (Å²) in [5.74, 6) is -2.93. The summed E-state index contributed by atoms with van der Waals surface area (Å²) in [6.45, 7) is -1.53. The van der Waals surface area contributed by atoms with E-state index in [-0.39, 0.29) is 32.1 Å². The average molecular weight is 565 g/mol. The number of carbonyl (C=O) groups is 2. The van der Waals surface area contributed by atoms with Crippen molar-refractivity contribution in [2.75, 3.05) is 19.0 Å². The van der Waals surface area contributed by atoms with Gasteiger partial charge in [-0.3, -0.25) is 9.59 Å². The molecular weight excluding hydrogens is 550 g/mol. The van der Waals surface area contributed by atoms with E-state index in [4.69, 9.17) is 62.7 Å². The lowest BCUT2D eigenvalue weighted by molar-refractivity contribution is -0.123. The molecule has 1 aliphatic rings. The number of hydrogen-bond acceptors (Lipinski definition) is 3. The molecule has 1 saturated carbocycles. The van der Waals surface area contributed by atoms with E-state index in [1.807, 2.05) is 0 Å². The van der Waals surface area contributed by atoms with Crippen LogP contribution in [0, 0.1) is 5.92 Å². The van der Waals surface area contributed by atoms with Gasteiger partial charge in [-0.15, -0.1) is 23.2 Å². The van der Waals surface area contributed by atoms with Gasteiger partial charge in [-0.1, -0.05) is 34.8 Å². The van der Waals surface area contributed by atoms with Gasteiger partial charge < -0.3 is 15.4 Å². The second kappa shape index (κ2) is 9.58. The molecule has 5 nitrogen and oxygen atoms in total. The van der Waals surface area contributed by atoms with Gasteiger partial charge >= 0.3 is 6.18 Å². The monoisotopic (exact) mass is 562 g/mol. The minimum absolute atomic E-state index is 0.0940. The van der Waals surface area contributed by atoms with Crippen molar-refractivity contribution in [3.63, 3.8) is 0 Å². The molecule has 2 N–H and O–H groups in total. The Labute approximate surface area is 211 Å². The Balaban J connectivity index is 1.77. The highest BCUT2D eigenvalue weighted by molar-refractivity contribution is 6.53. The molecule has 33 heavy (non-hydrogen) atoms. The normalized spacial score (nSPS) is 19.1. The van der Waals surface area contributed by atoms with E-state index in [2.05, 4.69) is 5.32 Å². The number of alkyl halides is 5. The van der Waals surface area contributed by atoms with E-state index < -0.39 is 40.7 Å². The van der Waals surface area contributed by atoms with Gasteiger partial charge in [0.15, 0.2) is 5.75 Å². The zero-order valence-corrected chi connectivity index (χ0v) is 20.3. The Bertz CT molecular complexity index is 1090. The number of nitrogens with one attached hydrogen (secondary N) is 2. The summed E-state index contributed by atoms with van der Waals surface area (Å²) in [7, 11) is 1.40. The van der Waals surface area contributed by atoms with Crippen LogP contribution in [-0.4, -0.2) is 36.0 Å². The van der Waals surface area contributed by atoms with Gasteiger partial charge in [-0.25, -0.2) is 0 Å². The standard InChI is InChI=1S/C20H14Cl5F3N2O3/c1-33-16-12(22)4-8(5-13(16)23)14-15(20(14,24)25)18(32)30-9-2-3-11(21)10(6-9)17(31)29-7-19(26,27)28/h2-6,14-15H,7H2,1H3,(H,29,31)(H,30,32)/t14-,15+/m1/s1. The summed E-state index contributed by atoms with van der Waals surface area (Å²) >= 11 is 30.9. The number of anilines is 1. The molecule has 178 valence electrons. The van der Waals surface area contributed by atoms with Gasteiger partial charge in [-0.05, 0) is 35.9 Å². The topological polar surface area (TPSA) is 67.4 Å². The van der Waals surface area contributed by atoms with Crippen molar-refractivity contribution >= 4 is 75.5 Å². The maximum Gasteiger partial charge on any atom is 0.405 e. The minimum atomic E-state index is -4.59. The number of methoxy groups -OCH3 is 1. The Morgan fingerprint density at radius 3 is 2.21 bits per heavy atom. The minimum Gasteiger partial charge on any atom is -0.494 e. The van der Waals surface area contributed by atoms with Crippen molar-refractivity contribution in [3.05, 3.63) is 56.5 Å². The molecule has 2 atom stereocenters. The molecule has 1 fully saturated rings. The smallest absolute Gasteiger partial charge is 0.405 e. The van der Waals surface area contributed by atoms with Crippen LogP contribution in [0.3, 0.4) is 0 Å². The van der Waals surface area contributed by atoms with Crippen LogP contribution in [0.15, 0.2) is 30.3 Å². The largest absolute Gasteiger partial charge is 0.494 e. The van der Waals surface area contributed by atoms with Crippen molar-refractivity contribution in [2.24, 2.45) is 5.92 Å². The first-order chi connectivity index (χ1) is 15.3. The van der Waals surface area contributed by atoms with Crippen LogP contribution in [0.5, 0.6) is 5.75 Å². The summed E-state index contributed by atoms with van der Waals surface area (Å²) in [6.07, 6.45) is -4.59. The number of halogens is 8. The third-order valence-electron chi connectivity index (χ3n) is 4.85. The van der Waals surface area contributed by atoms with E-state index in [9.17, 15) is 22.8 Å². The molecule has 0 bridgehead atoms. The molecule has 0 aliphatic heterocycles. The van der Waals surface area contributed by atoms with Gasteiger partial charge in [0.05, 0.1) is 33.7 Å². The molecule has 0 aromatic heterocycles. The first-order valence-electron chi connectivity index (χ1n) is 9.12. The number of hydrogen-bond donors (Lipinski definition) is 2. The number of carbonyl (C=O) groups excluding carboxylic acids is 2. The second-order valence-corrected chi connectivity index (χ2v) is 9.80. The molecule has 0 spiro atoms. The fourth-order valence-electron chi connectivity index (χ4n) is 3.29. The molecule has 0 heterocycles.